The molecule has 31 heavy (non-hydrogen) atoms. The van der Waals surface area contributed by atoms with Gasteiger partial charge in [0.05, 0.1) is 11.0 Å². The molecule has 0 spiro atoms. The maximum absolute atomic E-state index is 8.92. The fourth-order valence-electron chi connectivity index (χ4n) is 3.35. The second-order valence-electron chi connectivity index (χ2n) is 7.73. The van der Waals surface area contributed by atoms with Crippen LogP contribution in [0.1, 0.15) is 37.9 Å². The summed E-state index contributed by atoms with van der Waals surface area (Å²) in [6.45, 7) is 6.35. The van der Waals surface area contributed by atoms with Gasteiger partial charge in [0, 0.05) is 24.2 Å². The van der Waals surface area contributed by atoms with Crippen molar-refractivity contribution in [1.29, 1.82) is 5.26 Å². The Labute approximate surface area is 179 Å². The number of nitrogen functional groups attached to an aromatic ring is 1. The molecule has 0 saturated heterocycles. The summed E-state index contributed by atoms with van der Waals surface area (Å²) in [5, 5.41) is 13.2. The average molecular weight is 411 g/mol. The molecule has 0 aliphatic rings. The quantitative estimate of drug-likeness (QED) is 0.522. The number of nitrogens with zero attached hydrogens (tertiary/aromatic N) is 6. The van der Waals surface area contributed by atoms with Crippen molar-refractivity contribution in [3.05, 3.63) is 72.1 Å². The first-order valence-corrected chi connectivity index (χ1v) is 9.81. The number of nitriles is 1. The van der Waals surface area contributed by atoms with Gasteiger partial charge in [0.1, 0.15) is 11.8 Å². The molecule has 0 bridgehead atoms. The van der Waals surface area contributed by atoms with E-state index in [1.807, 2.05) is 18.2 Å². The number of benzene rings is 1. The standard InChI is InChI=1S/C23H21N7O/c1-14(2)23(3,18-7-4-15(5-8-18)17-12-27-22(25)28-13-17)21-29-20(31-30-21)16-6-9-19(10-24)26-11-16/h4-9,11-14H,1-3H3,(H2,25,27,28). The van der Waals surface area contributed by atoms with Gasteiger partial charge in [-0.25, -0.2) is 15.0 Å². The third-order valence-electron chi connectivity index (χ3n) is 5.66. The van der Waals surface area contributed by atoms with Crippen LogP contribution < -0.4 is 5.73 Å². The topological polar surface area (TPSA) is 127 Å². The highest BCUT2D eigenvalue weighted by Crippen LogP contribution is 2.38. The van der Waals surface area contributed by atoms with E-state index in [1.165, 1.54) is 0 Å². The summed E-state index contributed by atoms with van der Waals surface area (Å²) in [5.41, 5.74) is 9.06. The molecule has 4 rings (SSSR count). The smallest absolute Gasteiger partial charge is 0.259 e. The Morgan fingerprint density at radius 3 is 2.16 bits per heavy atom. The van der Waals surface area contributed by atoms with Crippen LogP contribution >= 0.6 is 0 Å². The molecular formula is C23H21N7O. The van der Waals surface area contributed by atoms with Gasteiger partial charge in [-0.3, -0.25) is 0 Å². The number of anilines is 1. The van der Waals surface area contributed by atoms with Gasteiger partial charge in [-0.05, 0) is 36.1 Å². The molecule has 2 N–H and O–H groups in total. The van der Waals surface area contributed by atoms with E-state index in [9.17, 15) is 0 Å². The van der Waals surface area contributed by atoms with Crippen LogP contribution in [0.2, 0.25) is 0 Å². The predicted molar refractivity (Wildman–Crippen MR) is 115 cm³/mol. The zero-order valence-corrected chi connectivity index (χ0v) is 17.4. The minimum absolute atomic E-state index is 0.197. The van der Waals surface area contributed by atoms with Crippen LogP contribution in [0.4, 0.5) is 5.95 Å². The molecule has 1 aromatic carbocycles. The molecule has 3 aromatic heterocycles. The van der Waals surface area contributed by atoms with E-state index in [0.717, 1.165) is 16.7 Å². The normalized spacial score (nSPS) is 13.0. The lowest BCUT2D eigenvalue weighted by Crippen LogP contribution is -2.31. The van der Waals surface area contributed by atoms with Crippen molar-refractivity contribution < 1.29 is 4.52 Å². The minimum Gasteiger partial charge on any atom is -0.368 e. The zero-order chi connectivity index (χ0) is 22.0. The van der Waals surface area contributed by atoms with Crippen LogP contribution in [0.15, 0.2) is 59.5 Å². The lowest BCUT2D eigenvalue weighted by molar-refractivity contribution is 0.351. The summed E-state index contributed by atoms with van der Waals surface area (Å²) in [6.07, 6.45) is 4.97. The first kappa shape index (κ1) is 20.2. The van der Waals surface area contributed by atoms with E-state index in [0.29, 0.717) is 23.0 Å². The molecule has 8 nitrogen and oxygen atoms in total. The number of aromatic nitrogens is 5. The number of pyridine rings is 1. The van der Waals surface area contributed by atoms with Crippen molar-refractivity contribution in [2.24, 2.45) is 5.92 Å². The fourth-order valence-corrected chi connectivity index (χ4v) is 3.35. The second-order valence-corrected chi connectivity index (χ2v) is 7.73. The van der Waals surface area contributed by atoms with Crippen molar-refractivity contribution in [3.63, 3.8) is 0 Å². The van der Waals surface area contributed by atoms with E-state index < -0.39 is 5.41 Å². The maximum Gasteiger partial charge on any atom is 0.259 e. The highest BCUT2D eigenvalue weighted by atomic mass is 16.5. The summed E-state index contributed by atoms with van der Waals surface area (Å²) in [7, 11) is 0. The Morgan fingerprint density at radius 2 is 1.58 bits per heavy atom. The molecular weight excluding hydrogens is 390 g/mol. The molecule has 8 heteroatoms. The largest absolute Gasteiger partial charge is 0.368 e. The van der Waals surface area contributed by atoms with Gasteiger partial charge in [0.2, 0.25) is 5.95 Å². The molecule has 0 amide bonds. The van der Waals surface area contributed by atoms with Crippen LogP contribution in [0.5, 0.6) is 0 Å². The monoisotopic (exact) mass is 411 g/mol. The second kappa shape index (κ2) is 7.95. The lowest BCUT2D eigenvalue weighted by Gasteiger charge is -2.31. The van der Waals surface area contributed by atoms with Gasteiger partial charge in [-0.15, -0.1) is 0 Å². The van der Waals surface area contributed by atoms with E-state index in [1.54, 1.807) is 30.7 Å². The molecule has 154 valence electrons. The molecule has 1 atom stereocenters. The van der Waals surface area contributed by atoms with Crippen molar-refractivity contribution >= 4 is 5.95 Å². The molecule has 0 fully saturated rings. The van der Waals surface area contributed by atoms with E-state index >= 15 is 0 Å². The first-order valence-electron chi connectivity index (χ1n) is 9.81. The van der Waals surface area contributed by atoms with Crippen molar-refractivity contribution in [3.8, 4) is 28.7 Å². The van der Waals surface area contributed by atoms with Crippen LogP contribution in [-0.2, 0) is 5.41 Å². The van der Waals surface area contributed by atoms with Gasteiger partial charge in [0.15, 0.2) is 5.82 Å². The molecule has 0 radical (unpaired) electrons. The van der Waals surface area contributed by atoms with Gasteiger partial charge in [0.25, 0.3) is 5.89 Å². The third kappa shape index (κ3) is 3.73. The third-order valence-corrected chi connectivity index (χ3v) is 5.66. The maximum atomic E-state index is 8.92. The summed E-state index contributed by atoms with van der Waals surface area (Å²) in [5.74, 6) is 1.40. The molecule has 0 aliphatic carbocycles. The molecule has 0 aliphatic heterocycles. The molecule has 1 unspecified atom stereocenters. The fraction of sp³-hybridized carbons (Fsp3) is 0.217. The summed E-state index contributed by atoms with van der Waals surface area (Å²) in [4.78, 5) is 16.8. The zero-order valence-electron chi connectivity index (χ0n) is 17.4. The first-order chi connectivity index (χ1) is 14.9. The van der Waals surface area contributed by atoms with E-state index in [4.69, 9.17) is 15.5 Å². The molecule has 3 heterocycles. The molecule has 4 aromatic rings. The Hall–Kier alpha value is -4.12. The minimum atomic E-state index is -0.474. The van der Waals surface area contributed by atoms with Crippen LogP contribution in [-0.4, -0.2) is 25.1 Å². The SMILES string of the molecule is CC(C)C(C)(c1ccc(-c2cnc(N)nc2)cc1)c1noc(-c2ccc(C#N)nc2)n1. The number of nitrogens with two attached hydrogens (primary N) is 1. The van der Waals surface area contributed by atoms with E-state index in [-0.39, 0.29) is 11.9 Å². The van der Waals surface area contributed by atoms with E-state index in [2.05, 4.69) is 58.0 Å². The highest BCUT2D eigenvalue weighted by molar-refractivity contribution is 5.62. The summed E-state index contributed by atoms with van der Waals surface area (Å²) >= 11 is 0. The van der Waals surface area contributed by atoms with Gasteiger partial charge >= 0.3 is 0 Å². The van der Waals surface area contributed by atoms with Crippen molar-refractivity contribution in [1.82, 2.24) is 25.1 Å². The van der Waals surface area contributed by atoms with Crippen LogP contribution in [0, 0.1) is 17.2 Å². The Bertz CT molecular complexity index is 1220. The van der Waals surface area contributed by atoms with Gasteiger partial charge in [-0.1, -0.05) is 43.3 Å². The predicted octanol–water partition coefficient (Wildman–Crippen LogP) is 4.00. The Morgan fingerprint density at radius 1 is 0.935 bits per heavy atom. The van der Waals surface area contributed by atoms with Crippen molar-refractivity contribution in [2.45, 2.75) is 26.2 Å². The molecule has 0 saturated carbocycles. The van der Waals surface area contributed by atoms with Gasteiger partial charge < -0.3 is 10.3 Å². The summed E-state index contributed by atoms with van der Waals surface area (Å²) in [6, 6.07) is 13.5. The number of rotatable bonds is 5. The number of hydrogen-bond donors (Lipinski definition) is 1. The van der Waals surface area contributed by atoms with Crippen LogP contribution in [0.3, 0.4) is 0 Å². The summed E-state index contributed by atoms with van der Waals surface area (Å²) < 4.78 is 5.53. The Balaban J connectivity index is 1.68. The number of hydrogen-bond acceptors (Lipinski definition) is 8. The average Bonchev–Trinajstić information content (AvgIpc) is 3.30. The van der Waals surface area contributed by atoms with Crippen LogP contribution in [0.25, 0.3) is 22.6 Å². The highest BCUT2D eigenvalue weighted by Gasteiger charge is 2.37. The van der Waals surface area contributed by atoms with Gasteiger partial charge in [-0.2, -0.15) is 10.2 Å². The lowest BCUT2D eigenvalue weighted by atomic mass is 9.72. The Kier molecular flexibility index (Phi) is 5.17. The van der Waals surface area contributed by atoms with Crippen molar-refractivity contribution in [2.75, 3.05) is 5.73 Å².